The molecule has 8 nitrogen and oxygen atoms in total. The number of aliphatic hydroxyl groups excluding tert-OH is 1. The number of aliphatic hydroxyl groups is 1. The van der Waals surface area contributed by atoms with E-state index in [0.29, 0.717) is 35.0 Å². The van der Waals surface area contributed by atoms with Gasteiger partial charge >= 0.3 is 0 Å². The van der Waals surface area contributed by atoms with Crippen molar-refractivity contribution in [1.82, 2.24) is 14.8 Å². The van der Waals surface area contributed by atoms with E-state index in [-0.39, 0.29) is 19.0 Å². The van der Waals surface area contributed by atoms with E-state index in [2.05, 4.69) is 10.1 Å². The highest BCUT2D eigenvalue weighted by Gasteiger charge is 2.21. The first-order valence-electron chi connectivity index (χ1n) is 8.49. The van der Waals surface area contributed by atoms with Crippen LogP contribution in [0.3, 0.4) is 0 Å². The second kappa shape index (κ2) is 7.08. The fourth-order valence-corrected chi connectivity index (χ4v) is 2.88. The Labute approximate surface area is 155 Å². The van der Waals surface area contributed by atoms with E-state index in [4.69, 9.17) is 15.2 Å². The minimum atomic E-state index is -0.978. The van der Waals surface area contributed by atoms with E-state index in [1.807, 2.05) is 24.3 Å². The van der Waals surface area contributed by atoms with Gasteiger partial charge in [-0.05, 0) is 17.7 Å². The Hall–Kier alpha value is -3.39. The van der Waals surface area contributed by atoms with Crippen LogP contribution in [0.25, 0.3) is 5.69 Å². The number of nitrogens with two attached hydrogens (primary N) is 1. The smallest absolute Gasteiger partial charge is 0.231 e. The van der Waals surface area contributed by atoms with Crippen LogP contribution in [0, 0.1) is 0 Å². The second-order valence-corrected chi connectivity index (χ2v) is 6.12. The van der Waals surface area contributed by atoms with Crippen LogP contribution in [-0.4, -0.2) is 32.6 Å². The Bertz CT molecular complexity index is 971. The van der Waals surface area contributed by atoms with Crippen LogP contribution in [0.2, 0.25) is 0 Å². The maximum atomic E-state index is 11.2. The molecule has 0 fully saturated rings. The van der Waals surface area contributed by atoms with Crippen molar-refractivity contribution in [2.75, 3.05) is 6.79 Å². The van der Waals surface area contributed by atoms with Gasteiger partial charge in [-0.25, -0.2) is 9.67 Å². The predicted octanol–water partition coefficient (Wildman–Crippen LogP) is 1.50. The summed E-state index contributed by atoms with van der Waals surface area (Å²) in [4.78, 5) is 15.7. The normalized spacial score (nSPS) is 13.5. The summed E-state index contributed by atoms with van der Waals surface area (Å²) < 4.78 is 12.3. The summed E-state index contributed by atoms with van der Waals surface area (Å²) in [6.45, 7) is 0.169. The number of rotatable bonds is 6. The average molecular weight is 366 g/mol. The first-order chi connectivity index (χ1) is 13.1. The predicted molar refractivity (Wildman–Crippen MR) is 95.5 cm³/mol. The number of aromatic nitrogens is 3. The van der Waals surface area contributed by atoms with Gasteiger partial charge in [-0.1, -0.05) is 30.3 Å². The van der Waals surface area contributed by atoms with Crippen molar-refractivity contribution < 1.29 is 19.4 Å². The number of amides is 1. The van der Waals surface area contributed by atoms with Gasteiger partial charge in [0.15, 0.2) is 17.3 Å². The molecule has 3 N–H and O–H groups in total. The van der Waals surface area contributed by atoms with Crippen molar-refractivity contribution in [1.29, 1.82) is 0 Å². The zero-order valence-electron chi connectivity index (χ0n) is 14.4. The SMILES string of the molecule is NC(=O)CCc1nc([C@@H](O)c2ccccc2)nn1-c1ccc2c(c1)OCO2. The number of fused-ring (bicyclic) bond motifs is 1. The molecule has 1 aliphatic rings. The Morgan fingerprint density at radius 2 is 1.96 bits per heavy atom. The molecule has 2 heterocycles. The molecule has 0 spiro atoms. The molecule has 0 saturated carbocycles. The largest absolute Gasteiger partial charge is 0.454 e. The van der Waals surface area contributed by atoms with Crippen molar-refractivity contribution in [2.24, 2.45) is 5.73 Å². The van der Waals surface area contributed by atoms with Crippen LogP contribution in [0.15, 0.2) is 48.5 Å². The van der Waals surface area contributed by atoms with Gasteiger partial charge in [0.25, 0.3) is 0 Å². The molecule has 0 radical (unpaired) electrons. The van der Waals surface area contributed by atoms with E-state index < -0.39 is 12.0 Å². The van der Waals surface area contributed by atoms with Crippen LogP contribution in [0.5, 0.6) is 11.5 Å². The zero-order valence-corrected chi connectivity index (χ0v) is 14.4. The quantitative estimate of drug-likeness (QED) is 0.684. The lowest BCUT2D eigenvalue weighted by Gasteiger charge is -2.07. The molecular formula is C19H18N4O4. The van der Waals surface area contributed by atoms with E-state index in [9.17, 15) is 9.90 Å². The Balaban J connectivity index is 1.72. The first kappa shape index (κ1) is 17.0. The van der Waals surface area contributed by atoms with Gasteiger partial charge in [0.2, 0.25) is 12.7 Å². The van der Waals surface area contributed by atoms with Crippen LogP contribution in [0.4, 0.5) is 0 Å². The molecule has 1 aliphatic heterocycles. The standard InChI is InChI=1S/C19H18N4O4/c20-16(24)8-9-17-21-19(18(25)12-4-2-1-3-5-12)22-23(17)13-6-7-14-15(10-13)27-11-26-14/h1-7,10,18,25H,8-9,11H2,(H2,20,24)/t18-/m0/s1. The third-order valence-electron chi connectivity index (χ3n) is 4.25. The van der Waals surface area contributed by atoms with Gasteiger partial charge in [0.05, 0.1) is 5.69 Å². The number of hydrogen-bond acceptors (Lipinski definition) is 6. The lowest BCUT2D eigenvalue weighted by Crippen LogP contribution is -2.13. The Morgan fingerprint density at radius 3 is 2.74 bits per heavy atom. The van der Waals surface area contributed by atoms with Crippen LogP contribution in [0.1, 0.15) is 29.7 Å². The zero-order chi connectivity index (χ0) is 18.8. The lowest BCUT2D eigenvalue weighted by molar-refractivity contribution is -0.118. The minimum Gasteiger partial charge on any atom is -0.454 e. The Kier molecular flexibility index (Phi) is 4.47. The van der Waals surface area contributed by atoms with Crippen molar-refractivity contribution in [3.8, 4) is 17.2 Å². The van der Waals surface area contributed by atoms with E-state index in [0.717, 1.165) is 0 Å². The molecule has 8 heteroatoms. The summed E-state index contributed by atoms with van der Waals surface area (Å²) in [5, 5.41) is 15.1. The lowest BCUT2D eigenvalue weighted by atomic mass is 10.1. The van der Waals surface area contributed by atoms with Gasteiger partial charge in [0.1, 0.15) is 11.9 Å². The summed E-state index contributed by atoms with van der Waals surface area (Å²) in [5.74, 6) is 1.60. The molecule has 3 aromatic rings. The molecule has 27 heavy (non-hydrogen) atoms. The van der Waals surface area contributed by atoms with Gasteiger partial charge in [-0.3, -0.25) is 4.79 Å². The number of hydrogen-bond donors (Lipinski definition) is 2. The molecule has 138 valence electrons. The number of ether oxygens (including phenoxy) is 2. The molecule has 1 atom stereocenters. The summed E-state index contributed by atoms with van der Waals surface area (Å²) in [7, 11) is 0. The molecule has 1 aromatic heterocycles. The van der Waals surface area contributed by atoms with Crippen LogP contribution < -0.4 is 15.2 Å². The fraction of sp³-hybridized carbons (Fsp3) is 0.211. The summed E-state index contributed by atoms with van der Waals surface area (Å²) >= 11 is 0. The molecule has 0 bridgehead atoms. The maximum Gasteiger partial charge on any atom is 0.231 e. The fourth-order valence-electron chi connectivity index (χ4n) is 2.88. The van der Waals surface area contributed by atoms with Crippen molar-refractivity contribution in [3.63, 3.8) is 0 Å². The number of nitrogens with zero attached hydrogens (tertiary/aromatic N) is 3. The average Bonchev–Trinajstić information content (AvgIpc) is 3.32. The molecule has 0 saturated heterocycles. The number of carbonyl (C=O) groups excluding carboxylic acids is 1. The maximum absolute atomic E-state index is 11.2. The highest BCUT2D eigenvalue weighted by molar-refractivity contribution is 5.73. The molecule has 0 aliphatic carbocycles. The van der Waals surface area contributed by atoms with Gasteiger partial charge in [-0.15, -0.1) is 5.10 Å². The topological polar surface area (TPSA) is 112 Å². The van der Waals surface area contributed by atoms with Crippen molar-refractivity contribution in [2.45, 2.75) is 18.9 Å². The number of benzene rings is 2. The molecule has 2 aromatic carbocycles. The monoisotopic (exact) mass is 366 g/mol. The Morgan fingerprint density at radius 1 is 1.19 bits per heavy atom. The van der Waals surface area contributed by atoms with Crippen LogP contribution >= 0.6 is 0 Å². The van der Waals surface area contributed by atoms with Crippen LogP contribution in [-0.2, 0) is 11.2 Å². The summed E-state index contributed by atoms with van der Waals surface area (Å²) in [6, 6.07) is 14.5. The minimum absolute atomic E-state index is 0.129. The number of carbonyl (C=O) groups is 1. The second-order valence-electron chi connectivity index (χ2n) is 6.12. The van der Waals surface area contributed by atoms with E-state index in [1.54, 1.807) is 28.9 Å². The van der Waals surface area contributed by atoms with Gasteiger partial charge in [0, 0.05) is 18.9 Å². The highest BCUT2D eigenvalue weighted by atomic mass is 16.7. The summed E-state index contributed by atoms with van der Waals surface area (Å²) in [6.07, 6.45) is -0.545. The van der Waals surface area contributed by atoms with Gasteiger partial charge in [-0.2, -0.15) is 0 Å². The van der Waals surface area contributed by atoms with Crippen molar-refractivity contribution in [3.05, 3.63) is 65.7 Å². The number of aryl methyl sites for hydroxylation is 1. The van der Waals surface area contributed by atoms with Gasteiger partial charge < -0.3 is 20.3 Å². The molecule has 4 rings (SSSR count). The molecular weight excluding hydrogens is 348 g/mol. The van der Waals surface area contributed by atoms with E-state index in [1.165, 1.54) is 0 Å². The third kappa shape index (κ3) is 3.47. The van der Waals surface area contributed by atoms with E-state index >= 15 is 0 Å². The highest BCUT2D eigenvalue weighted by Crippen LogP contribution is 2.34. The molecule has 0 unspecified atom stereocenters. The summed E-state index contributed by atoms with van der Waals surface area (Å²) in [5.41, 5.74) is 6.65. The first-order valence-corrected chi connectivity index (χ1v) is 8.49. The third-order valence-corrected chi connectivity index (χ3v) is 4.25. The number of primary amides is 1. The molecule has 1 amide bonds. The van der Waals surface area contributed by atoms with Crippen molar-refractivity contribution >= 4 is 5.91 Å².